The minimum absolute atomic E-state index is 0.113. The fourth-order valence-electron chi connectivity index (χ4n) is 4.24. The fraction of sp³-hybridized carbons (Fsp3) is 0.478. The number of carbonyl (C=O) groups excluding carboxylic acids is 3. The van der Waals surface area contributed by atoms with Gasteiger partial charge in [-0.15, -0.1) is 0 Å². The van der Waals surface area contributed by atoms with Crippen molar-refractivity contribution in [1.82, 2.24) is 29.8 Å². The summed E-state index contributed by atoms with van der Waals surface area (Å²) >= 11 is 5.90. The number of hydrogen-bond acceptors (Lipinski definition) is 5. The summed E-state index contributed by atoms with van der Waals surface area (Å²) in [6, 6.07) is 5.48. The summed E-state index contributed by atoms with van der Waals surface area (Å²) in [4.78, 5) is 44.8. The molecule has 10 nitrogen and oxygen atoms in total. The van der Waals surface area contributed by atoms with E-state index < -0.39 is 17.5 Å². The summed E-state index contributed by atoms with van der Waals surface area (Å²) in [6.45, 7) is 10.0. The van der Waals surface area contributed by atoms with Crippen molar-refractivity contribution >= 4 is 35.3 Å². The highest BCUT2D eigenvalue weighted by Crippen LogP contribution is 2.24. The van der Waals surface area contributed by atoms with Crippen LogP contribution in [0.5, 0.6) is 0 Å². The van der Waals surface area contributed by atoms with Gasteiger partial charge < -0.3 is 15.5 Å². The van der Waals surface area contributed by atoms with Crippen LogP contribution in [-0.2, 0) is 11.3 Å². The Morgan fingerprint density at radius 1 is 1.09 bits per heavy atom. The van der Waals surface area contributed by atoms with Crippen molar-refractivity contribution in [2.75, 3.05) is 31.5 Å². The number of hydrazine groups is 1. The third-order valence-corrected chi connectivity index (χ3v) is 6.39. The van der Waals surface area contributed by atoms with Crippen LogP contribution in [0.3, 0.4) is 0 Å². The quantitative estimate of drug-likeness (QED) is 0.690. The minimum Gasteiger partial charge on any atom is -0.338 e. The van der Waals surface area contributed by atoms with Gasteiger partial charge in [0, 0.05) is 36.9 Å². The molecule has 1 atom stereocenters. The smallest absolute Gasteiger partial charge is 0.338 e. The number of rotatable bonds is 4. The van der Waals surface area contributed by atoms with E-state index in [0.717, 1.165) is 5.69 Å². The van der Waals surface area contributed by atoms with Gasteiger partial charge in [-0.2, -0.15) is 0 Å². The number of carbonyl (C=O) groups is 3. The van der Waals surface area contributed by atoms with Gasteiger partial charge in [0.1, 0.15) is 11.9 Å². The summed E-state index contributed by atoms with van der Waals surface area (Å²) in [7, 11) is 0. The highest BCUT2D eigenvalue weighted by molar-refractivity contribution is 6.30. The van der Waals surface area contributed by atoms with Crippen molar-refractivity contribution in [3.63, 3.8) is 0 Å². The number of amides is 4. The first-order chi connectivity index (χ1) is 16.0. The number of nitrogens with zero attached hydrogens (tertiary/aromatic N) is 5. The Bertz CT molecular complexity index is 1080. The number of imidazole rings is 1. The van der Waals surface area contributed by atoms with Gasteiger partial charge in [0.15, 0.2) is 0 Å². The standard InChI is InChI=1S/C23H30ClN7O3/c1-15-25-13-18-14-30(22(34)31(15)18)29-11-9-28(10-12-29)20(32)19(23(2,3)4)27-21(33)26-17-7-5-16(24)6-8-17/h5-8,13,19H,9-12,14H2,1-4H3,(H2,26,27,33)/t19-/m0/s1. The molecule has 0 bridgehead atoms. The molecule has 2 aromatic rings. The van der Waals surface area contributed by atoms with Crippen LogP contribution in [0.15, 0.2) is 30.5 Å². The van der Waals surface area contributed by atoms with Crippen LogP contribution < -0.4 is 10.6 Å². The Kier molecular flexibility index (Phi) is 6.55. The van der Waals surface area contributed by atoms with Crippen LogP contribution in [0.25, 0.3) is 0 Å². The largest absolute Gasteiger partial charge is 0.344 e. The first kappa shape index (κ1) is 24.0. The highest BCUT2D eigenvalue weighted by Gasteiger charge is 2.39. The van der Waals surface area contributed by atoms with Crippen molar-refractivity contribution in [1.29, 1.82) is 0 Å². The molecule has 1 aromatic carbocycles. The van der Waals surface area contributed by atoms with Gasteiger partial charge in [-0.1, -0.05) is 32.4 Å². The zero-order chi connectivity index (χ0) is 24.6. The molecular weight excluding hydrogens is 458 g/mol. The average Bonchev–Trinajstić information content (AvgIpc) is 3.32. The lowest BCUT2D eigenvalue weighted by atomic mass is 9.85. The molecule has 34 heavy (non-hydrogen) atoms. The summed E-state index contributed by atoms with van der Waals surface area (Å²) < 4.78 is 1.62. The highest BCUT2D eigenvalue weighted by atomic mass is 35.5. The first-order valence-electron chi connectivity index (χ1n) is 11.3. The molecule has 0 aliphatic carbocycles. The van der Waals surface area contributed by atoms with Crippen molar-refractivity contribution in [2.45, 2.75) is 40.3 Å². The molecule has 2 aliphatic heterocycles. The normalized spacial score (nSPS) is 17.5. The third kappa shape index (κ3) is 4.88. The molecule has 0 radical (unpaired) electrons. The van der Waals surface area contributed by atoms with Crippen LogP contribution in [0, 0.1) is 12.3 Å². The second kappa shape index (κ2) is 9.27. The van der Waals surface area contributed by atoms with Gasteiger partial charge in [-0.3, -0.25) is 9.80 Å². The lowest BCUT2D eigenvalue weighted by molar-refractivity contribution is -0.139. The van der Waals surface area contributed by atoms with E-state index in [1.807, 2.05) is 32.7 Å². The molecule has 2 N–H and O–H groups in total. The van der Waals surface area contributed by atoms with E-state index in [4.69, 9.17) is 11.6 Å². The molecule has 4 rings (SSSR count). The predicted octanol–water partition coefficient (Wildman–Crippen LogP) is 2.92. The Balaban J connectivity index is 1.36. The van der Waals surface area contributed by atoms with E-state index in [1.54, 1.807) is 44.9 Å². The number of piperazine rings is 1. The summed E-state index contributed by atoms with van der Waals surface area (Å²) in [5.74, 6) is 0.532. The Morgan fingerprint density at radius 2 is 1.74 bits per heavy atom. The Morgan fingerprint density at radius 3 is 2.32 bits per heavy atom. The lowest BCUT2D eigenvalue weighted by Gasteiger charge is -2.41. The maximum atomic E-state index is 13.4. The third-order valence-electron chi connectivity index (χ3n) is 6.13. The maximum Gasteiger partial charge on any atom is 0.344 e. The van der Waals surface area contributed by atoms with E-state index in [2.05, 4.69) is 15.6 Å². The zero-order valence-corrected chi connectivity index (χ0v) is 20.6. The Hall–Kier alpha value is -3.11. The van der Waals surface area contributed by atoms with Crippen molar-refractivity contribution in [2.24, 2.45) is 5.41 Å². The number of anilines is 1. The van der Waals surface area contributed by atoms with E-state index in [-0.39, 0.29) is 11.9 Å². The number of aryl methyl sites for hydroxylation is 1. The van der Waals surface area contributed by atoms with Crippen molar-refractivity contribution < 1.29 is 14.4 Å². The minimum atomic E-state index is -0.714. The van der Waals surface area contributed by atoms with E-state index in [9.17, 15) is 14.4 Å². The number of fused-ring (bicyclic) bond motifs is 1. The molecule has 182 valence electrons. The number of aromatic nitrogens is 2. The Labute approximate surface area is 203 Å². The number of benzene rings is 1. The molecular formula is C23H30ClN7O3. The number of urea groups is 1. The lowest BCUT2D eigenvalue weighted by Crippen LogP contribution is -2.61. The summed E-state index contributed by atoms with van der Waals surface area (Å²) in [5.41, 5.74) is 0.955. The molecule has 1 aromatic heterocycles. The molecule has 4 amide bonds. The van der Waals surface area contributed by atoms with Gasteiger partial charge in [0.05, 0.1) is 18.4 Å². The monoisotopic (exact) mass is 487 g/mol. The predicted molar refractivity (Wildman–Crippen MR) is 128 cm³/mol. The van der Waals surface area contributed by atoms with Crippen molar-refractivity contribution in [3.05, 3.63) is 47.0 Å². The molecule has 11 heteroatoms. The van der Waals surface area contributed by atoms with E-state index in [1.165, 1.54) is 0 Å². The van der Waals surface area contributed by atoms with Gasteiger partial charge in [-0.25, -0.2) is 24.1 Å². The van der Waals surface area contributed by atoms with Crippen LogP contribution >= 0.6 is 11.6 Å². The average molecular weight is 488 g/mol. The molecule has 1 saturated heterocycles. The van der Waals surface area contributed by atoms with Crippen LogP contribution in [0.2, 0.25) is 5.02 Å². The summed E-state index contributed by atoms with van der Waals surface area (Å²) in [5, 5.41) is 9.86. The molecule has 0 spiro atoms. The van der Waals surface area contributed by atoms with Gasteiger partial charge in [0.2, 0.25) is 5.91 Å². The van der Waals surface area contributed by atoms with Crippen LogP contribution in [-0.4, -0.2) is 74.7 Å². The topological polar surface area (TPSA) is 103 Å². The van der Waals surface area contributed by atoms with Crippen LogP contribution in [0.4, 0.5) is 15.3 Å². The zero-order valence-electron chi connectivity index (χ0n) is 19.8. The van der Waals surface area contributed by atoms with E-state index >= 15 is 0 Å². The number of nitrogens with one attached hydrogen (secondary N) is 2. The molecule has 3 heterocycles. The molecule has 1 fully saturated rings. The van der Waals surface area contributed by atoms with Gasteiger partial charge >= 0.3 is 12.1 Å². The van der Waals surface area contributed by atoms with E-state index in [0.29, 0.717) is 49.3 Å². The fourth-order valence-corrected chi connectivity index (χ4v) is 4.37. The molecule has 0 saturated carbocycles. The molecule has 2 aliphatic rings. The molecule has 0 unspecified atom stereocenters. The number of hydrogen-bond donors (Lipinski definition) is 2. The second-order valence-corrected chi connectivity index (χ2v) is 10.1. The van der Waals surface area contributed by atoms with Crippen molar-refractivity contribution in [3.8, 4) is 0 Å². The van der Waals surface area contributed by atoms with Crippen LogP contribution in [0.1, 0.15) is 32.3 Å². The number of halogens is 1. The maximum absolute atomic E-state index is 13.4. The van der Waals surface area contributed by atoms with Gasteiger partial charge in [-0.05, 0) is 36.6 Å². The SMILES string of the molecule is Cc1ncc2n1C(=O)N(N1CCN(C(=O)[C@H](NC(=O)Nc3ccc(Cl)cc3)C(C)(C)C)CC1)C2. The first-order valence-corrected chi connectivity index (χ1v) is 11.6. The van der Waals surface area contributed by atoms with Gasteiger partial charge in [0.25, 0.3) is 0 Å². The summed E-state index contributed by atoms with van der Waals surface area (Å²) in [6.07, 6.45) is 1.72. The second-order valence-electron chi connectivity index (χ2n) is 9.66.